The Kier molecular flexibility index (Phi) is 6.13. The maximum atomic E-state index is 12.7. The van der Waals surface area contributed by atoms with Crippen molar-refractivity contribution in [2.24, 2.45) is 0 Å². The quantitative estimate of drug-likeness (QED) is 0.525. The summed E-state index contributed by atoms with van der Waals surface area (Å²) < 4.78 is 75.6. The van der Waals surface area contributed by atoms with Gasteiger partial charge in [0.1, 0.15) is 29.9 Å². The van der Waals surface area contributed by atoms with Gasteiger partial charge >= 0.3 is 12.1 Å². The van der Waals surface area contributed by atoms with Crippen LogP contribution in [0.3, 0.4) is 0 Å². The second-order valence-corrected chi connectivity index (χ2v) is 9.51. The summed E-state index contributed by atoms with van der Waals surface area (Å²) >= 11 is 0. The van der Waals surface area contributed by atoms with Crippen molar-refractivity contribution in [3.05, 3.63) is 65.5 Å². The van der Waals surface area contributed by atoms with E-state index in [1.54, 1.807) is 6.92 Å². The molecule has 0 unspecified atom stereocenters. The highest BCUT2D eigenvalue weighted by Crippen LogP contribution is 2.32. The van der Waals surface area contributed by atoms with E-state index in [1.165, 1.54) is 36.4 Å². The van der Waals surface area contributed by atoms with Gasteiger partial charge in [-0.05, 0) is 61.9 Å². The number of rotatable bonds is 7. The molecule has 180 valence electrons. The molecule has 1 aromatic heterocycles. The first-order valence-corrected chi connectivity index (χ1v) is 11.5. The molecule has 0 spiro atoms. The molecule has 4 rings (SSSR count). The van der Waals surface area contributed by atoms with Crippen molar-refractivity contribution in [2.45, 2.75) is 37.1 Å². The smallest absolute Gasteiger partial charge is 0.416 e. The third-order valence-corrected chi connectivity index (χ3v) is 7.34. The summed E-state index contributed by atoms with van der Waals surface area (Å²) in [6, 6.07) is 8.89. The highest BCUT2D eigenvalue weighted by Gasteiger charge is 2.42. The predicted molar refractivity (Wildman–Crippen MR) is 112 cm³/mol. The van der Waals surface area contributed by atoms with Gasteiger partial charge in [0, 0.05) is 12.1 Å². The minimum atomic E-state index is -4.44. The Morgan fingerprint density at radius 1 is 1.18 bits per heavy atom. The van der Waals surface area contributed by atoms with Crippen molar-refractivity contribution in [1.29, 1.82) is 0 Å². The van der Waals surface area contributed by atoms with Gasteiger partial charge in [-0.3, -0.25) is 4.79 Å². The summed E-state index contributed by atoms with van der Waals surface area (Å²) in [5.74, 6) is -0.273. The lowest BCUT2D eigenvalue weighted by Gasteiger charge is -2.36. The van der Waals surface area contributed by atoms with Crippen molar-refractivity contribution in [1.82, 2.24) is 9.29 Å². The van der Waals surface area contributed by atoms with Crippen molar-refractivity contribution >= 4 is 16.0 Å². The number of benzene rings is 2. The number of alkyl halides is 3. The Morgan fingerprint density at radius 2 is 1.82 bits per heavy atom. The third-order valence-electron chi connectivity index (χ3n) is 5.41. The molecule has 0 saturated carbocycles. The number of nitrogens with zero attached hydrogens (tertiary/aromatic N) is 2. The zero-order valence-electron chi connectivity index (χ0n) is 17.7. The predicted octanol–water partition coefficient (Wildman–Crippen LogP) is 4.10. The van der Waals surface area contributed by atoms with E-state index >= 15 is 0 Å². The summed E-state index contributed by atoms with van der Waals surface area (Å²) in [4.78, 5) is 15.4. The second kappa shape index (κ2) is 8.76. The van der Waals surface area contributed by atoms with Crippen LogP contribution in [-0.4, -0.2) is 41.4 Å². The number of aliphatic carboxylic acids is 1. The van der Waals surface area contributed by atoms with E-state index in [1.807, 2.05) is 0 Å². The lowest BCUT2D eigenvalue weighted by molar-refractivity contribution is -0.144. The average molecular weight is 496 g/mol. The number of sulfonamides is 1. The van der Waals surface area contributed by atoms with E-state index in [4.69, 9.17) is 14.3 Å². The zero-order chi connectivity index (χ0) is 24.7. The van der Waals surface area contributed by atoms with Gasteiger partial charge in [-0.15, -0.1) is 0 Å². The first-order chi connectivity index (χ1) is 16.0. The zero-order valence-corrected chi connectivity index (χ0v) is 18.6. The van der Waals surface area contributed by atoms with Gasteiger partial charge < -0.3 is 14.3 Å². The maximum absolute atomic E-state index is 12.7. The van der Waals surface area contributed by atoms with Gasteiger partial charge in [0.25, 0.3) is 0 Å². The summed E-state index contributed by atoms with van der Waals surface area (Å²) in [5, 5.41) is 9.09. The monoisotopic (exact) mass is 496 g/mol. The van der Waals surface area contributed by atoms with E-state index in [-0.39, 0.29) is 30.4 Å². The van der Waals surface area contributed by atoms with Crippen LogP contribution in [-0.2, 0) is 27.6 Å². The molecule has 3 aromatic rings. The second-order valence-electron chi connectivity index (χ2n) is 7.62. The van der Waals surface area contributed by atoms with Crippen molar-refractivity contribution in [3.63, 3.8) is 0 Å². The molecular formula is C22H19F3N2O6S. The summed E-state index contributed by atoms with van der Waals surface area (Å²) in [5.41, 5.74) is 0.0279. The molecule has 0 bridgehead atoms. The van der Waals surface area contributed by atoms with Crippen LogP contribution in [0.25, 0.3) is 11.5 Å². The van der Waals surface area contributed by atoms with Crippen LogP contribution in [0.1, 0.15) is 23.4 Å². The highest BCUT2D eigenvalue weighted by molar-refractivity contribution is 7.89. The van der Waals surface area contributed by atoms with Gasteiger partial charge in [-0.25, -0.2) is 13.4 Å². The normalized spacial score (nSPS) is 16.8. The number of ether oxygens (including phenoxy) is 1. The average Bonchev–Trinajstić information content (AvgIpc) is 3.11. The largest absolute Gasteiger partial charge is 0.487 e. The number of carbonyl (C=O) groups is 1. The molecule has 0 radical (unpaired) electrons. The Bertz CT molecular complexity index is 1300. The molecule has 1 saturated heterocycles. The standard InChI is InChI=1S/C22H19F3N2O6S/c1-13-18(26-20(33-13)14-2-4-15(5-3-14)22(23,24)25)12-32-16-6-8-17(9-7-16)34(30,31)27-11-10-19(27)21(28)29/h2-9,19H,10-12H2,1H3,(H,28,29)/t19-/m1/s1. The molecule has 8 nitrogen and oxygen atoms in total. The van der Waals surface area contributed by atoms with E-state index in [0.717, 1.165) is 16.4 Å². The van der Waals surface area contributed by atoms with Crippen LogP contribution in [0.2, 0.25) is 0 Å². The minimum Gasteiger partial charge on any atom is -0.487 e. The fourth-order valence-electron chi connectivity index (χ4n) is 3.38. The molecule has 0 aliphatic carbocycles. The lowest BCUT2D eigenvalue weighted by Crippen LogP contribution is -2.54. The lowest BCUT2D eigenvalue weighted by atomic mass is 10.1. The Hall–Kier alpha value is -3.38. The van der Waals surface area contributed by atoms with Gasteiger partial charge in [0.2, 0.25) is 15.9 Å². The first-order valence-electron chi connectivity index (χ1n) is 10.1. The molecule has 2 aromatic carbocycles. The summed E-state index contributed by atoms with van der Waals surface area (Å²) in [7, 11) is -3.93. The molecule has 0 amide bonds. The van der Waals surface area contributed by atoms with Crippen molar-refractivity contribution < 1.29 is 40.6 Å². The number of aromatic nitrogens is 1. The Morgan fingerprint density at radius 3 is 2.35 bits per heavy atom. The molecule has 2 heterocycles. The van der Waals surface area contributed by atoms with Gasteiger partial charge in [-0.1, -0.05) is 0 Å². The molecular weight excluding hydrogens is 477 g/mol. The van der Waals surface area contributed by atoms with Crippen LogP contribution in [0.5, 0.6) is 5.75 Å². The Labute approximate surface area is 192 Å². The SMILES string of the molecule is Cc1oc(-c2ccc(C(F)(F)F)cc2)nc1COc1ccc(S(=O)(=O)N2CC[C@@H]2C(=O)O)cc1. The maximum Gasteiger partial charge on any atom is 0.416 e. The van der Waals surface area contributed by atoms with Crippen LogP contribution in [0.15, 0.2) is 57.8 Å². The van der Waals surface area contributed by atoms with Crippen molar-refractivity contribution in [2.75, 3.05) is 6.54 Å². The van der Waals surface area contributed by atoms with Gasteiger partial charge in [-0.2, -0.15) is 17.5 Å². The van der Waals surface area contributed by atoms with Gasteiger partial charge in [0.05, 0.1) is 10.5 Å². The van der Waals surface area contributed by atoms with E-state index < -0.39 is 33.8 Å². The van der Waals surface area contributed by atoms with Crippen LogP contribution in [0.4, 0.5) is 13.2 Å². The fourth-order valence-corrected chi connectivity index (χ4v) is 5.01. The van der Waals surface area contributed by atoms with Crippen LogP contribution < -0.4 is 4.74 Å². The molecule has 1 aliphatic heterocycles. The number of carboxylic acids is 1. The minimum absolute atomic E-state index is 0.0186. The molecule has 1 N–H and O–H groups in total. The number of aryl methyl sites for hydroxylation is 1. The fraction of sp³-hybridized carbons (Fsp3) is 0.273. The van der Waals surface area contributed by atoms with Crippen LogP contribution >= 0.6 is 0 Å². The van der Waals surface area contributed by atoms with E-state index in [2.05, 4.69) is 4.98 Å². The van der Waals surface area contributed by atoms with E-state index in [9.17, 15) is 26.4 Å². The number of oxazole rings is 1. The summed E-state index contributed by atoms with van der Waals surface area (Å²) in [6.45, 7) is 1.76. The molecule has 1 fully saturated rings. The topological polar surface area (TPSA) is 110 Å². The highest BCUT2D eigenvalue weighted by atomic mass is 32.2. The third kappa shape index (κ3) is 4.64. The van der Waals surface area contributed by atoms with Crippen LogP contribution in [0, 0.1) is 6.92 Å². The van der Waals surface area contributed by atoms with Gasteiger partial charge in [0.15, 0.2) is 0 Å². The molecule has 12 heteroatoms. The number of halogens is 3. The molecule has 34 heavy (non-hydrogen) atoms. The number of hydrogen-bond acceptors (Lipinski definition) is 6. The Balaban J connectivity index is 1.42. The molecule has 1 aliphatic rings. The van der Waals surface area contributed by atoms with Crippen molar-refractivity contribution in [3.8, 4) is 17.2 Å². The summed E-state index contributed by atoms with van der Waals surface area (Å²) in [6.07, 6.45) is -4.17. The number of hydrogen-bond donors (Lipinski definition) is 1. The molecule has 1 atom stereocenters. The first kappa shape index (κ1) is 23.8. The van der Waals surface area contributed by atoms with E-state index in [0.29, 0.717) is 22.8 Å². The number of carboxylic acid groups (broad SMARTS) is 1.